The lowest BCUT2D eigenvalue weighted by Gasteiger charge is -2.09. The average molecular weight is 458 g/mol. The Hall–Kier alpha value is -3.53. The fourth-order valence-corrected chi connectivity index (χ4v) is 2.75. The summed E-state index contributed by atoms with van der Waals surface area (Å²) < 4.78 is 6.18. The summed E-state index contributed by atoms with van der Waals surface area (Å²) in [4.78, 5) is 14.6. The number of hydrogen-bond donors (Lipinski definition) is 2. The summed E-state index contributed by atoms with van der Waals surface area (Å²) in [7, 11) is 0. The molecule has 0 atom stereocenters. The molecule has 10 heteroatoms. The number of nitrogens with zero attached hydrogens (tertiary/aromatic N) is 4. The molecule has 0 aliphatic heterocycles. The Balaban J connectivity index is 1.94. The predicted octanol–water partition coefficient (Wildman–Crippen LogP) is 5.34. The number of anilines is 1. The van der Waals surface area contributed by atoms with Gasteiger partial charge in [-0.25, -0.2) is 4.98 Å². The maximum atomic E-state index is 11.1. The number of nitro benzene ring substituents is 1. The minimum atomic E-state index is -0.515. The summed E-state index contributed by atoms with van der Waals surface area (Å²) in [6.07, 6.45) is 0. The standard InChI is InChI=1S/C19H16BrN5O4/c1-11-16(20)19(22-18(21)17(11)26)24-23-14-8-7-13(25(27)28)9-15(14)29-10-12-5-3-2-4-6-12/h2-9,26H,10H2,1H3,(H2,21,22). The molecule has 0 amide bonds. The van der Waals surface area contributed by atoms with Gasteiger partial charge < -0.3 is 15.6 Å². The van der Waals surface area contributed by atoms with Gasteiger partial charge in [-0.15, -0.1) is 10.2 Å². The summed E-state index contributed by atoms with van der Waals surface area (Å²) in [5.41, 5.74) is 7.19. The monoisotopic (exact) mass is 457 g/mol. The molecule has 0 aliphatic rings. The number of nitrogens with two attached hydrogens (primary N) is 1. The van der Waals surface area contributed by atoms with Gasteiger partial charge in [-0.2, -0.15) is 0 Å². The van der Waals surface area contributed by atoms with Crippen LogP contribution in [0.2, 0.25) is 0 Å². The van der Waals surface area contributed by atoms with Crippen molar-refractivity contribution < 1.29 is 14.8 Å². The first-order valence-corrected chi connectivity index (χ1v) is 9.17. The van der Waals surface area contributed by atoms with Crippen molar-refractivity contribution in [3.05, 3.63) is 74.2 Å². The predicted molar refractivity (Wildman–Crippen MR) is 111 cm³/mol. The van der Waals surface area contributed by atoms with Gasteiger partial charge in [-0.05, 0) is 34.5 Å². The van der Waals surface area contributed by atoms with Crippen LogP contribution in [0.5, 0.6) is 11.5 Å². The second kappa shape index (κ2) is 8.65. The van der Waals surface area contributed by atoms with E-state index >= 15 is 0 Å². The number of benzene rings is 2. The minimum absolute atomic E-state index is 0.0797. The van der Waals surface area contributed by atoms with Crippen LogP contribution in [0.3, 0.4) is 0 Å². The average Bonchev–Trinajstić information content (AvgIpc) is 2.73. The largest absolute Gasteiger partial charge is 0.504 e. The SMILES string of the molecule is Cc1c(O)c(N)nc(N=Nc2ccc([N+](=O)[O-])cc2OCc2ccccc2)c1Br. The van der Waals surface area contributed by atoms with E-state index in [1.807, 2.05) is 30.3 Å². The molecule has 3 rings (SSSR count). The minimum Gasteiger partial charge on any atom is -0.504 e. The molecular formula is C19H16BrN5O4. The number of nitro groups is 1. The van der Waals surface area contributed by atoms with E-state index in [9.17, 15) is 15.2 Å². The van der Waals surface area contributed by atoms with Crippen molar-refractivity contribution in [1.29, 1.82) is 0 Å². The highest BCUT2D eigenvalue weighted by molar-refractivity contribution is 9.10. The van der Waals surface area contributed by atoms with Gasteiger partial charge in [0.1, 0.15) is 12.3 Å². The lowest BCUT2D eigenvalue weighted by Crippen LogP contribution is -1.97. The molecule has 0 radical (unpaired) electrons. The number of ether oxygens (including phenoxy) is 1. The maximum absolute atomic E-state index is 11.1. The molecule has 0 bridgehead atoms. The number of nitrogen functional groups attached to an aromatic ring is 1. The summed E-state index contributed by atoms with van der Waals surface area (Å²) in [5, 5.41) is 29.1. The Morgan fingerprint density at radius 2 is 1.97 bits per heavy atom. The molecule has 148 valence electrons. The first kappa shape index (κ1) is 20.2. The van der Waals surface area contributed by atoms with Crippen LogP contribution in [-0.4, -0.2) is 15.0 Å². The Labute approximate surface area is 174 Å². The fraction of sp³-hybridized carbons (Fsp3) is 0.105. The highest BCUT2D eigenvalue weighted by Gasteiger charge is 2.15. The van der Waals surface area contributed by atoms with E-state index in [4.69, 9.17) is 10.5 Å². The zero-order valence-electron chi connectivity index (χ0n) is 15.2. The third-order valence-corrected chi connectivity index (χ3v) is 4.94. The number of hydrogen-bond acceptors (Lipinski definition) is 8. The van der Waals surface area contributed by atoms with Gasteiger partial charge in [0.15, 0.2) is 23.1 Å². The van der Waals surface area contributed by atoms with Crippen molar-refractivity contribution in [2.45, 2.75) is 13.5 Å². The Kier molecular flexibility index (Phi) is 6.03. The van der Waals surface area contributed by atoms with Gasteiger partial charge in [0.25, 0.3) is 5.69 Å². The van der Waals surface area contributed by atoms with E-state index in [0.717, 1.165) is 5.56 Å². The maximum Gasteiger partial charge on any atom is 0.273 e. The lowest BCUT2D eigenvalue weighted by molar-refractivity contribution is -0.384. The molecule has 0 spiro atoms. The van der Waals surface area contributed by atoms with Crippen LogP contribution in [0, 0.1) is 17.0 Å². The van der Waals surface area contributed by atoms with Crippen molar-refractivity contribution in [2.75, 3.05) is 5.73 Å². The Morgan fingerprint density at radius 3 is 2.66 bits per heavy atom. The van der Waals surface area contributed by atoms with Crippen molar-refractivity contribution >= 4 is 38.9 Å². The molecule has 3 N–H and O–H groups in total. The van der Waals surface area contributed by atoms with Crippen molar-refractivity contribution in [3.63, 3.8) is 0 Å². The quantitative estimate of drug-likeness (QED) is 0.291. The van der Waals surface area contributed by atoms with E-state index in [1.54, 1.807) is 6.92 Å². The number of aromatic nitrogens is 1. The number of aromatic hydroxyl groups is 1. The normalized spacial score (nSPS) is 11.0. The smallest absolute Gasteiger partial charge is 0.273 e. The zero-order chi connectivity index (χ0) is 21.0. The van der Waals surface area contributed by atoms with Gasteiger partial charge >= 0.3 is 0 Å². The van der Waals surface area contributed by atoms with Crippen LogP contribution in [0.15, 0.2) is 63.2 Å². The summed E-state index contributed by atoms with van der Waals surface area (Å²) in [6, 6.07) is 13.4. The van der Waals surface area contributed by atoms with Crippen molar-refractivity contribution in [1.82, 2.24) is 4.98 Å². The molecule has 0 unspecified atom stereocenters. The van der Waals surface area contributed by atoms with Crippen LogP contribution < -0.4 is 10.5 Å². The van der Waals surface area contributed by atoms with Gasteiger partial charge in [0, 0.05) is 11.6 Å². The Morgan fingerprint density at radius 1 is 1.24 bits per heavy atom. The molecule has 2 aromatic carbocycles. The van der Waals surface area contributed by atoms with Gasteiger partial charge in [0.2, 0.25) is 0 Å². The molecule has 0 saturated carbocycles. The number of halogens is 1. The second-order valence-corrected chi connectivity index (χ2v) is 6.78. The molecule has 9 nitrogen and oxygen atoms in total. The third kappa shape index (κ3) is 4.66. The summed E-state index contributed by atoms with van der Waals surface area (Å²) >= 11 is 3.30. The molecular weight excluding hydrogens is 442 g/mol. The van der Waals surface area contributed by atoms with Crippen LogP contribution in [0.1, 0.15) is 11.1 Å². The van der Waals surface area contributed by atoms with Crippen LogP contribution in [0.4, 0.5) is 23.0 Å². The van der Waals surface area contributed by atoms with E-state index < -0.39 is 4.92 Å². The number of rotatable bonds is 6. The topological polar surface area (TPSA) is 136 Å². The molecule has 29 heavy (non-hydrogen) atoms. The fourth-order valence-electron chi connectivity index (χ4n) is 2.40. The molecule has 3 aromatic rings. The number of non-ortho nitro benzene ring substituents is 1. The molecule has 1 heterocycles. The molecule has 0 saturated heterocycles. The first-order valence-electron chi connectivity index (χ1n) is 8.38. The lowest BCUT2D eigenvalue weighted by atomic mass is 10.2. The van der Waals surface area contributed by atoms with Crippen molar-refractivity contribution in [2.24, 2.45) is 10.2 Å². The highest BCUT2D eigenvalue weighted by atomic mass is 79.9. The van der Waals surface area contributed by atoms with Gasteiger partial charge in [-0.1, -0.05) is 30.3 Å². The van der Waals surface area contributed by atoms with E-state index in [2.05, 4.69) is 31.1 Å². The third-order valence-electron chi connectivity index (χ3n) is 3.99. The van der Waals surface area contributed by atoms with Crippen LogP contribution in [0.25, 0.3) is 0 Å². The van der Waals surface area contributed by atoms with Crippen LogP contribution in [-0.2, 0) is 6.61 Å². The molecule has 1 aromatic heterocycles. The highest BCUT2D eigenvalue weighted by Crippen LogP contribution is 2.38. The van der Waals surface area contributed by atoms with Gasteiger partial charge in [0.05, 0.1) is 15.5 Å². The van der Waals surface area contributed by atoms with E-state index in [-0.39, 0.29) is 41.1 Å². The molecule has 0 fully saturated rings. The zero-order valence-corrected chi connectivity index (χ0v) is 16.8. The van der Waals surface area contributed by atoms with Gasteiger partial charge in [-0.3, -0.25) is 10.1 Å². The van der Waals surface area contributed by atoms with E-state index in [1.165, 1.54) is 18.2 Å². The van der Waals surface area contributed by atoms with E-state index in [0.29, 0.717) is 10.0 Å². The number of pyridine rings is 1. The van der Waals surface area contributed by atoms with Crippen LogP contribution >= 0.6 is 15.9 Å². The molecule has 0 aliphatic carbocycles. The number of azo groups is 1. The summed E-state index contributed by atoms with van der Waals surface area (Å²) in [6.45, 7) is 1.86. The first-order chi connectivity index (χ1) is 13.9. The van der Waals surface area contributed by atoms with Crippen molar-refractivity contribution in [3.8, 4) is 11.5 Å². The Bertz CT molecular complexity index is 1090. The summed E-state index contributed by atoms with van der Waals surface area (Å²) in [5.74, 6) is 0.138. The second-order valence-electron chi connectivity index (χ2n) is 5.99.